The van der Waals surface area contributed by atoms with Crippen molar-refractivity contribution in [2.75, 3.05) is 20.1 Å². The summed E-state index contributed by atoms with van der Waals surface area (Å²) < 4.78 is 6.23. The first-order chi connectivity index (χ1) is 23.3. The van der Waals surface area contributed by atoms with Gasteiger partial charge in [-0.05, 0) is 71.4 Å². The fourth-order valence-corrected chi connectivity index (χ4v) is 5.58. The van der Waals surface area contributed by atoms with E-state index < -0.39 is 29.6 Å². The van der Waals surface area contributed by atoms with Crippen molar-refractivity contribution in [2.45, 2.75) is 136 Å². The Bertz CT molecular complexity index is 1100. The van der Waals surface area contributed by atoms with Crippen LogP contribution in [0.15, 0.2) is 30.3 Å². The largest absolute Gasteiger partial charge is 0.372 e. The molecule has 3 unspecified atom stereocenters. The Hall–Kier alpha value is -3.64. The first kappa shape index (κ1) is 45.4. The number of ketones is 1. The van der Waals surface area contributed by atoms with Crippen LogP contribution < -0.4 is 21.7 Å². The van der Waals surface area contributed by atoms with Crippen molar-refractivity contribution < 1.29 is 33.5 Å². The van der Waals surface area contributed by atoms with Crippen molar-refractivity contribution >= 4 is 36.2 Å². The maximum atomic E-state index is 13.5. The van der Waals surface area contributed by atoms with Gasteiger partial charge in [-0.1, -0.05) is 83.2 Å². The van der Waals surface area contributed by atoms with Crippen LogP contribution in [0.1, 0.15) is 111 Å². The molecular weight excluding hydrogens is 626 g/mol. The summed E-state index contributed by atoms with van der Waals surface area (Å²) in [4.78, 5) is 70.5. The topological polar surface area (TPSA) is 177 Å². The van der Waals surface area contributed by atoms with Gasteiger partial charge in [0.25, 0.3) is 5.91 Å². The van der Waals surface area contributed by atoms with Crippen LogP contribution in [0.5, 0.6) is 0 Å². The van der Waals surface area contributed by atoms with Crippen molar-refractivity contribution in [2.24, 2.45) is 11.7 Å². The van der Waals surface area contributed by atoms with Gasteiger partial charge >= 0.3 is 0 Å². The summed E-state index contributed by atoms with van der Waals surface area (Å²) in [6.45, 7) is 13.5. The first-order valence-electron chi connectivity index (χ1n) is 17.7. The molecule has 278 valence electrons. The fraction of sp³-hybridized carbons (Fsp3) is 0.676. The predicted molar refractivity (Wildman–Crippen MR) is 192 cm³/mol. The zero-order chi connectivity index (χ0) is 37.2. The number of carbonyl (C=O) groups excluding carboxylic acids is 6. The smallest absolute Gasteiger partial charge is 0.252 e. The van der Waals surface area contributed by atoms with Gasteiger partial charge < -0.3 is 31.3 Å². The van der Waals surface area contributed by atoms with E-state index in [4.69, 9.17) is 9.53 Å². The van der Waals surface area contributed by atoms with E-state index in [0.717, 1.165) is 37.7 Å². The van der Waals surface area contributed by atoms with Crippen molar-refractivity contribution in [3.8, 4) is 0 Å². The van der Waals surface area contributed by atoms with Crippen LogP contribution in [-0.2, 0) is 40.0 Å². The van der Waals surface area contributed by atoms with Gasteiger partial charge in [-0.15, -0.1) is 0 Å². The number of Topliss-reactive ketones (excluding diaryl/α,β-unsaturated/α-hetero) is 1. The fourth-order valence-electron chi connectivity index (χ4n) is 5.58. The minimum atomic E-state index is -0.822. The summed E-state index contributed by atoms with van der Waals surface area (Å²) in [5.41, 5.74) is 4.82. The van der Waals surface area contributed by atoms with E-state index in [2.05, 4.69) is 35.5 Å². The number of nitrogens with zero attached hydrogens (tertiary/aromatic N) is 1. The normalized spacial score (nSPS) is 16.9. The number of likely N-dealkylation sites (tertiary alicyclic amines) is 1. The van der Waals surface area contributed by atoms with Crippen LogP contribution >= 0.6 is 0 Å². The molecule has 12 heteroatoms. The van der Waals surface area contributed by atoms with Gasteiger partial charge in [-0.25, -0.2) is 0 Å². The SMILES string of the molecule is CCC.CCCC(NC(=O)C1CCCN1C(=O)C(OC(C)(C)C)C1CCCCC1)C(=O)C=O.CNCC(=O)NCc1ccccc1.NC=O. The van der Waals surface area contributed by atoms with Gasteiger partial charge in [0.15, 0.2) is 6.29 Å². The molecule has 12 nitrogen and oxygen atoms in total. The number of carbonyl (C=O) groups is 6. The molecule has 5 N–H and O–H groups in total. The molecule has 0 spiro atoms. The summed E-state index contributed by atoms with van der Waals surface area (Å²) in [7, 11) is 1.75. The van der Waals surface area contributed by atoms with Crippen LogP contribution in [0.2, 0.25) is 0 Å². The number of aldehydes is 1. The number of nitrogens with one attached hydrogen (secondary N) is 3. The molecule has 1 heterocycles. The molecule has 1 aromatic carbocycles. The third-order valence-electron chi connectivity index (χ3n) is 7.66. The summed E-state index contributed by atoms with van der Waals surface area (Å²) >= 11 is 0. The number of amides is 4. The predicted octanol–water partition coefficient (Wildman–Crippen LogP) is 3.83. The minimum absolute atomic E-state index is 0.0198. The number of rotatable bonds is 13. The van der Waals surface area contributed by atoms with E-state index in [1.54, 1.807) is 11.9 Å². The van der Waals surface area contributed by atoms with Crippen LogP contribution in [-0.4, -0.2) is 85.0 Å². The molecule has 0 radical (unpaired) electrons. The molecule has 4 amide bonds. The standard InChI is InChI=1S/C23H38N2O5.C10H14N2O.C3H8.CH3NO/c1-5-10-17(19(27)15-26)24-21(28)18-13-9-14-25(18)22(29)20(30-23(2,3)4)16-11-7-6-8-12-16;1-11-8-10(13)12-7-9-5-3-2-4-6-9;1-3-2;2-1-3/h15-18,20H,5-14H2,1-4H3,(H,24,28);2-6,11H,7-8H2,1H3,(H,12,13);3H2,1-2H3;1H,(H2,2,3). The number of primary amides is 1. The van der Waals surface area contributed by atoms with Crippen LogP contribution in [0.4, 0.5) is 0 Å². The Kier molecular flexibility index (Phi) is 24.3. The molecule has 2 fully saturated rings. The lowest BCUT2D eigenvalue weighted by atomic mass is 9.84. The summed E-state index contributed by atoms with van der Waals surface area (Å²) in [6.07, 6.45) is 8.86. The van der Waals surface area contributed by atoms with E-state index in [1.807, 2.05) is 58.0 Å². The molecule has 1 aliphatic heterocycles. The van der Waals surface area contributed by atoms with Gasteiger partial charge in [0.1, 0.15) is 12.1 Å². The number of nitrogens with two attached hydrogens (primary N) is 1. The van der Waals surface area contributed by atoms with E-state index in [1.165, 1.54) is 12.8 Å². The third kappa shape index (κ3) is 19.2. The average molecular weight is 690 g/mol. The lowest BCUT2D eigenvalue weighted by molar-refractivity contribution is -0.163. The molecule has 3 atom stereocenters. The molecule has 1 saturated heterocycles. The molecule has 49 heavy (non-hydrogen) atoms. The van der Waals surface area contributed by atoms with Crippen molar-refractivity contribution in [3.05, 3.63) is 35.9 Å². The van der Waals surface area contributed by atoms with Gasteiger partial charge in [0.2, 0.25) is 24.0 Å². The Labute approximate surface area is 294 Å². The highest BCUT2D eigenvalue weighted by Gasteiger charge is 2.42. The average Bonchev–Trinajstić information content (AvgIpc) is 3.58. The third-order valence-corrected chi connectivity index (χ3v) is 7.66. The van der Waals surface area contributed by atoms with Gasteiger partial charge in [0.05, 0.1) is 18.2 Å². The Morgan fingerprint density at radius 1 is 0.980 bits per heavy atom. The Morgan fingerprint density at radius 2 is 1.57 bits per heavy atom. The maximum absolute atomic E-state index is 13.5. The highest BCUT2D eigenvalue weighted by Crippen LogP contribution is 2.33. The van der Waals surface area contributed by atoms with E-state index in [0.29, 0.717) is 38.9 Å². The molecule has 1 saturated carbocycles. The second kappa shape index (κ2) is 26.3. The van der Waals surface area contributed by atoms with E-state index in [9.17, 15) is 24.0 Å². The van der Waals surface area contributed by atoms with Crippen LogP contribution in [0, 0.1) is 5.92 Å². The summed E-state index contributed by atoms with van der Waals surface area (Å²) in [6, 6.07) is 8.40. The van der Waals surface area contributed by atoms with Crippen molar-refractivity contribution in [1.29, 1.82) is 0 Å². The van der Waals surface area contributed by atoms with Crippen LogP contribution in [0.25, 0.3) is 0 Å². The lowest BCUT2D eigenvalue weighted by Gasteiger charge is -2.37. The quantitative estimate of drug-likeness (QED) is 0.178. The van der Waals surface area contributed by atoms with E-state index >= 15 is 0 Å². The molecule has 0 bridgehead atoms. The Balaban J connectivity index is 0.000000998. The zero-order valence-corrected chi connectivity index (χ0v) is 30.9. The van der Waals surface area contributed by atoms with Gasteiger partial charge in [-0.3, -0.25) is 28.8 Å². The molecule has 2 aliphatic rings. The van der Waals surface area contributed by atoms with Crippen LogP contribution in [0.3, 0.4) is 0 Å². The second-order valence-electron chi connectivity index (χ2n) is 13.2. The zero-order valence-electron chi connectivity index (χ0n) is 30.9. The number of hydrogen-bond donors (Lipinski definition) is 4. The highest BCUT2D eigenvalue weighted by molar-refractivity contribution is 6.28. The minimum Gasteiger partial charge on any atom is -0.372 e. The van der Waals surface area contributed by atoms with Crippen molar-refractivity contribution in [3.63, 3.8) is 0 Å². The number of hydrogen-bond acceptors (Lipinski definition) is 8. The number of benzene rings is 1. The highest BCUT2D eigenvalue weighted by atomic mass is 16.5. The molecule has 0 aromatic heterocycles. The molecule has 1 aliphatic carbocycles. The first-order valence-corrected chi connectivity index (χ1v) is 17.7. The monoisotopic (exact) mass is 689 g/mol. The molecule has 1 aromatic rings. The Morgan fingerprint density at radius 3 is 2.08 bits per heavy atom. The summed E-state index contributed by atoms with van der Waals surface area (Å²) in [5, 5.41) is 8.30. The number of ether oxygens (including phenoxy) is 1. The number of likely N-dealkylation sites (N-methyl/N-ethyl adjacent to an activating group) is 1. The lowest BCUT2D eigenvalue weighted by Crippen LogP contribution is -2.54. The summed E-state index contributed by atoms with van der Waals surface area (Å²) in [5.74, 6) is -0.918. The van der Waals surface area contributed by atoms with Crippen molar-refractivity contribution in [1.82, 2.24) is 20.9 Å². The molecular formula is C37H63N5O7. The van der Waals surface area contributed by atoms with Gasteiger partial charge in [-0.2, -0.15) is 0 Å². The second-order valence-corrected chi connectivity index (χ2v) is 13.2. The van der Waals surface area contributed by atoms with Gasteiger partial charge in [0, 0.05) is 13.1 Å². The maximum Gasteiger partial charge on any atom is 0.252 e. The molecule has 3 rings (SSSR count). The van der Waals surface area contributed by atoms with E-state index in [-0.39, 0.29) is 36.3 Å².